The van der Waals surface area contributed by atoms with Crippen molar-refractivity contribution in [1.29, 1.82) is 0 Å². The van der Waals surface area contributed by atoms with E-state index in [2.05, 4.69) is 9.62 Å². The molecule has 0 unspecified atom stereocenters. The number of anilines is 1. The summed E-state index contributed by atoms with van der Waals surface area (Å²) in [5, 5.41) is 0. The molecule has 1 aliphatic rings. The molecule has 0 aliphatic carbocycles. The van der Waals surface area contributed by atoms with Gasteiger partial charge in [0.2, 0.25) is 15.9 Å². The largest absolute Gasteiger partial charge is 0.370 e. The third kappa shape index (κ3) is 5.58. The summed E-state index contributed by atoms with van der Waals surface area (Å²) in [7, 11) is -3.65. The normalized spacial score (nSPS) is 15.2. The molecular formula is C22H28FN3O3S. The second-order valence-corrected chi connectivity index (χ2v) is 9.35. The molecule has 0 saturated carbocycles. The third-order valence-corrected chi connectivity index (χ3v) is 6.91. The maximum Gasteiger partial charge on any atom is 0.240 e. The summed E-state index contributed by atoms with van der Waals surface area (Å²) in [6, 6.07) is 11.5. The molecule has 1 heterocycles. The van der Waals surface area contributed by atoms with Gasteiger partial charge in [-0.15, -0.1) is 0 Å². The van der Waals surface area contributed by atoms with Crippen LogP contribution in [0.2, 0.25) is 0 Å². The van der Waals surface area contributed by atoms with Gasteiger partial charge in [-0.2, -0.15) is 0 Å². The molecular weight excluding hydrogens is 405 g/mol. The zero-order valence-electron chi connectivity index (χ0n) is 17.4. The number of halogens is 1. The fourth-order valence-electron chi connectivity index (χ4n) is 3.71. The second-order valence-electron chi connectivity index (χ2n) is 7.61. The number of hydrogen-bond donors (Lipinski definition) is 1. The molecule has 0 bridgehead atoms. The van der Waals surface area contributed by atoms with Gasteiger partial charge < -0.3 is 9.80 Å². The van der Waals surface area contributed by atoms with E-state index in [0.29, 0.717) is 25.2 Å². The standard InChI is InChI=1S/C22H28FN3O3S/c1-17-4-9-21(18(2)16-17)30(28,29)24-11-10-22(27)26-13-3-12-25(14-15-26)20-7-5-19(23)6-8-20/h4-9,16,24H,3,10-15H2,1-2H3. The van der Waals surface area contributed by atoms with Gasteiger partial charge >= 0.3 is 0 Å². The number of carbonyl (C=O) groups excluding carboxylic acids is 1. The number of rotatable bonds is 6. The molecule has 2 aromatic rings. The van der Waals surface area contributed by atoms with Gasteiger partial charge in [0.05, 0.1) is 4.90 Å². The summed E-state index contributed by atoms with van der Waals surface area (Å²) in [5.74, 6) is -0.340. The summed E-state index contributed by atoms with van der Waals surface area (Å²) >= 11 is 0. The van der Waals surface area contributed by atoms with Crippen molar-refractivity contribution in [3.8, 4) is 0 Å². The van der Waals surface area contributed by atoms with Crippen molar-refractivity contribution in [1.82, 2.24) is 9.62 Å². The van der Waals surface area contributed by atoms with E-state index in [1.54, 1.807) is 36.1 Å². The van der Waals surface area contributed by atoms with E-state index in [9.17, 15) is 17.6 Å². The molecule has 6 nitrogen and oxygen atoms in total. The highest BCUT2D eigenvalue weighted by atomic mass is 32.2. The first kappa shape index (κ1) is 22.2. The molecule has 162 valence electrons. The molecule has 1 aliphatic heterocycles. The summed E-state index contributed by atoms with van der Waals surface area (Å²) in [6.45, 7) is 6.36. The van der Waals surface area contributed by atoms with Gasteiger partial charge in [-0.05, 0) is 56.2 Å². The lowest BCUT2D eigenvalue weighted by Gasteiger charge is -2.23. The number of amides is 1. The topological polar surface area (TPSA) is 69.7 Å². The molecule has 1 amide bonds. The fourth-order valence-corrected chi connectivity index (χ4v) is 4.96. The van der Waals surface area contributed by atoms with Crippen molar-refractivity contribution in [2.24, 2.45) is 0 Å². The lowest BCUT2D eigenvalue weighted by Crippen LogP contribution is -2.37. The molecule has 0 atom stereocenters. The number of sulfonamides is 1. The minimum Gasteiger partial charge on any atom is -0.370 e. The van der Waals surface area contributed by atoms with Crippen LogP contribution >= 0.6 is 0 Å². The van der Waals surface area contributed by atoms with Gasteiger partial charge in [0.1, 0.15) is 5.82 Å². The molecule has 0 spiro atoms. The van der Waals surface area contributed by atoms with Crippen LogP contribution in [0, 0.1) is 19.7 Å². The number of benzene rings is 2. The first-order chi connectivity index (χ1) is 14.3. The van der Waals surface area contributed by atoms with Crippen molar-refractivity contribution in [3.05, 3.63) is 59.4 Å². The maximum atomic E-state index is 13.1. The SMILES string of the molecule is Cc1ccc(S(=O)(=O)NCCC(=O)N2CCCN(c3ccc(F)cc3)CC2)c(C)c1. The number of nitrogens with zero attached hydrogens (tertiary/aromatic N) is 2. The Labute approximate surface area is 177 Å². The van der Waals surface area contributed by atoms with E-state index in [1.165, 1.54) is 12.1 Å². The zero-order valence-corrected chi connectivity index (χ0v) is 18.2. The van der Waals surface area contributed by atoms with Gasteiger partial charge in [-0.1, -0.05) is 17.7 Å². The highest BCUT2D eigenvalue weighted by Gasteiger charge is 2.21. The number of aryl methyl sites for hydroxylation is 2. The van der Waals surface area contributed by atoms with Crippen molar-refractivity contribution in [2.45, 2.75) is 31.6 Å². The Morgan fingerprint density at radius 2 is 1.77 bits per heavy atom. The maximum absolute atomic E-state index is 13.1. The van der Waals surface area contributed by atoms with Crippen LogP contribution in [-0.2, 0) is 14.8 Å². The average Bonchev–Trinajstić information content (AvgIpc) is 2.94. The van der Waals surface area contributed by atoms with E-state index in [4.69, 9.17) is 0 Å². The smallest absolute Gasteiger partial charge is 0.240 e. The Hall–Kier alpha value is -2.45. The van der Waals surface area contributed by atoms with E-state index < -0.39 is 10.0 Å². The van der Waals surface area contributed by atoms with E-state index >= 15 is 0 Å². The first-order valence-corrected chi connectivity index (χ1v) is 11.6. The van der Waals surface area contributed by atoms with Crippen molar-refractivity contribution in [2.75, 3.05) is 37.6 Å². The van der Waals surface area contributed by atoms with E-state index in [0.717, 1.165) is 24.2 Å². The van der Waals surface area contributed by atoms with Gasteiger partial charge in [-0.3, -0.25) is 4.79 Å². The van der Waals surface area contributed by atoms with Gasteiger partial charge in [0.15, 0.2) is 0 Å². The minimum absolute atomic E-state index is 0.0622. The highest BCUT2D eigenvalue weighted by molar-refractivity contribution is 7.89. The summed E-state index contributed by atoms with van der Waals surface area (Å²) < 4.78 is 40.7. The van der Waals surface area contributed by atoms with Crippen LogP contribution in [0.25, 0.3) is 0 Å². The molecule has 8 heteroatoms. The predicted molar refractivity (Wildman–Crippen MR) is 116 cm³/mol. The quantitative estimate of drug-likeness (QED) is 0.761. The number of hydrogen-bond acceptors (Lipinski definition) is 4. The van der Waals surface area contributed by atoms with Crippen LogP contribution < -0.4 is 9.62 Å². The molecule has 30 heavy (non-hydrogen) atoms. The van der Waals surface area contributed by atoms with Crippen LogP contribution in [0.1, 0.15) is 24.0 Å². The Kier molecular flexibility index (Phi) is 7.10. The third-order valence-electron chi connectivity index (χ3n) is 5.29. The summed E-state index contributed by atoms with van der Waals surface area (Å²) in [6.07, 6.45) is 0.915. The number of carbonyl (C=O) groups is 1. The molecule has 1 saturated heterocycles. The molecule has 2 aromatic carbocycles. The van der Waals surface area contributed by atoms with Gasteiger partial charge in [0, 0.05) is 44.8 Å². The molecule has 3 rings (SSSR count). The Balaban J connectivity index is 1.52. The first-order valence-electron chi connectivity index (χ1n) is 10.1. The van der Waals surface area contributed by atoms with Crippen molar-refractivity contribution >= 4 is 21.6 Å². The molecule has 1 fully saturated rings. The molecule has 0 aromatic heterocycles. The summed E-state index contributed by atoms with van der Waals surface area (Å²) in [4.78, 5) is 16.7. The van der Waals surface area contributed by atoms with E-state index in [-0.39, 0.29) is 29.6 Å². The monoisotopic (exact) mass is 433 g/mol. The predicted octanol–water partition coefficient (Wildman–Crippen LogP) is 2.85. The highest BCUT2D eigenvalue weighted by Crippen LogP contribution is 2.18. The molecule has 0 radical (unpaired) electrons. The van der Waals surface area contributed by atoms with Crippen LogP contribution in [-0.4, -0.2) is 51.9 Å². The van der Waals surface area contributed by atoms with Gasteiger partial charge in [-0.25, -0.2) is 17.5 Å². The second kappa shape index (κ2) is 9.57. The van der Waals surface area contributed by atoms with E-state index in [1.807, 2.05) is 13.0 Å². The van der Waals surface area contributed by atoms with Crippen LogP contribution in [0.15, 0.2) is 47.4 Å². The van der Waals surface area contributed by atoms with Crippen LogP contribution in [0.5, 0.6) is 0 Å². The Bertz CT molecular complexity index is 993. The Morgan fingerprint density at radius 3 is 2.47 bits per heavy atom. The summed E-state index contributed by atoms with van der Waals surface area (Å²) in [5.41, 5.74) is 2.62. The average molecular weight is 434 g/mol. The lowest BCUT2D eigenvalue weighted by molar-refractivity contribution is -0.130. The molecule has 1 N–H and O–H groups in total. The zero-order chi connectivity index (χ0) is 21.7. The minimum atomic E-state index is -3.65. The fraction of sp³-hybridized carbons (Fsp3) is 0.409. The van der Waals surface area contributed by atoms with Crippen molar-refractivity contribution in [3.63, 3.8) is 0 Å². The van der Waals surface area contributed by atoms with Gasteiger partial charge in [0.25, 0.3) is 0 Å². The lowest BCUT2D eigenvalue weighted by atomic mass is 10.2. The van der Waals surface area contributed by atoms with Crippen molar-refractivity contribution < 1.29 is 17.6 Å². The van der Waals surface area contributed by atoms with Crippen LogP contribution in [0.4, 0.5) is 10.1 Å². The number of nitrogens with one attached hydrogen (secondary N) is 1. The Morgan fingerprint density at radius 1 is 1.03 bits per heavy atom. The van der Waals surface area contributed by atoms with Crippen LogP contribution in [0.3, 0.4) is 0 Å².